The molecule has 2 aromatic rings. The van der Waals surface area contributed by atoms with Crippen LogP contribution in [0.4, 0.5) is 13.2 Å². The number of hydrogen-bond acceptors (Lipinski definition) is 4. The quantitative estimate of drug-likeness (QED) is 0.803. The van der Waals surface area contributed by atoms with Crippen LogP contribution < -0.4 is 10.2 Å². The summed E-state index contributed by atoms with van der Waals surface area (Å²) < 4.78 is 52.3. The lowest BCUT2D eigenvalue weighted by Gasteiger charge is -2.16. The van der Waals surface area contributed by atoms with Gasteiger partial charge in [0, 0.05) is 12.6 Å². The van der Waals surface area contributed by atoms with Gasteiger partial charge in [-0.3, -0.25) is 4.79 Å². The van der Waals surface area contributed by atoms with Crippen molar-refractivity contribution in [1.29, 1.82) is 0 Å². The summed E-state index contributed by atoms with van der Waals surface area (Å²) >= 11 is 0. The minimum absolute atomic E-state index is 0.0343. The van der Waals surface area contributed by atoms with Gasteiger partial charge < -0.3 is 14.0 Å². The number of ether oxygens (including phenoxy) is 2. The Morgan fingerprint density at radius 1 is 1.42 bits per heavy atom. The van der Waals surface area contributed by atoms with Crippen LogP contribution in [-0.4, -0.2) is 30.4 Å². The van der Waals surface area contributed by atoms with Gasteiger partial charge in [-0.25, -0.2) is 13.6 Å². The number of benzene rings is 1. The topological polar surface area (TPSA) is 57.5 Å². The zero-order valence-electron chi connectivity index (χ0n) is 12.9. The van der Waals surface area contributed by atoms with Crippen LogP contribution in [0.2, 0.25) is 0 Å². The second-order valence-corrected chi connectivity index (χ2v) is 5.42. The molecule has 0 spiro atoms. The molecule has 0 aliphatic heterocycles. The molecule has 0 saturated heterocycles. The van der Waals surface area contributed by atoms with Crippen molar-refractivity contribution >= 4 is 16.9 Å². The first-order chi connectivity index (χ1) is 11.4. The first-order valence-corrected chi connectivity index (χ1v) is 7.32. The van der Waals surface area contributed by atoms with Gasteiger partial charge in [0.05, 0.1) is 30.7 Å². The van der Waals surface area contributed by atoms with Crippen molar-refractivity contribution in [1.82, 2.24) is 4.57 Å². The van der Waals surface area contributed by atoms with Crippen LogP contribution in [0.25, 0.3) is 10.9 Å². The van der Waals surface area contributed by atoms with Gasteiger partial charge in [-0.2, -0.15) is 4.39 Å². The number of esters is 1. The minimum Gasteiger partial charge on any atom is -0.491 e. The van der Waals surface area contributed by atoms with Gasteiger partial charge in [0.1, 0.15) is 11.7 Å². The maximum absolute atomic E-state index is 14.0. The molecule has 2 atom stereocenters. The molecule has 0 amide bonds. The average Bonchev–Trinajstić information content (AvgIpc) is 3.26. The third kappa shape index (κ3) is 2.42. The molecule has 1 aliphatic carbocycles. The van der Waals surface area contributed by atoms with Crippen LogP contribution in [0, 0.1) is 11.6 Å². The van der Waals surface area contributed by atoms with Crippen LogP contribution >= 0.6 is 0 Å². The van der Waals surface area contributed by atoms with Crippen LogP contribution in [0.3, 0.4) is 0 Å². The van der Waals surface area contributed by atoms with E-state index in [2.05, 4.69) is 0 Å². The molecule has 1 heterocycles. The van der Waals surface area contributed by atoms with Gasteiger partial charge in [0.2, 0.25) is 11.2 Å². The number of halogens is 3. The third-order valence-corrected chi connectivity index (χ3v) is 3.90. The highest BCUT2D eigenvalue weighted by molar-refractivity contribution is 5.95. The highest BCUT2D eigenvalue weighted by Gasteiger charge is 2.41. The lowest BCUT2D eigenvalue weighted by Crippen LogP contribution is -2.22. The smallest absolute Gasteiger partial charge is 0.343 e. The van der Waals surface area contributed by atoms with Crippen molar-refractivity contribution in [3.8, 4) is 5.75 Å². The lowest BCUT2D eigenvalue weighted by atomic mass is 10.1. The number of alkyl halides is 1. The standard InChI is InChI=1S/C16H14F3NO4/c1-3-24-16(22)8-6-20(11-5-9(11)17)13-7(14(8)21)4-10(18)12(19)15(13)23-2/h4,6,9,11H,3,5H2,1-2H3/t9-,11+/m0/s1. The van der Waals surface area contributed by atoms with Crippen LogP contribution in [0.1, 0.15) is 29.7 Å². The normalized spacial score (nSPS) is 19.4. The number of nitrogens with zero attached hydrogens (tertiary/aromatic N) is 1. The van der Waals surface area contributed by atoms with E-state index in [4.69, 9.17) is 9.47 Å². The fourth-order valence-corrected chi connectivity index (χ4v) is 2.67. The SMILES string of the molecule is CCOC(=O)c1cn([C@@H]2C[C@@H]2F)c2c(OC)c(F)c(F)cc2c1=O. The number of rotatable bonds is 4. The summed E-state index contributed by atoms with van der Waals surface area (Å²) in [6.07, 6.45) is 0.0541. The van der Waals surface area contributed by atoms with Crippen LogP contribution in [0.15, 0.2) is 17.1 Å². The zero-order valence-corrected chi connectivity index (χ0v) is 12.9. The summed E-state index contributed by atoms with van der Waals surface area (Å²) in [7, 11) is 1.12. The third-order valence-electron chi connectivity index (χ3n) is 3.90. The molecule has 0 radical (unpaired) electrons. The van der Waals surface area contributed by atoms with E-state index in [1.807, 2.05) is 0 Å². The molecule has 5 nitrogen and oxygen atoms in total. The average molecular weight is 341 g/mol. The van der Waals surface area contributed by atoms with Crippen LogP contribution in [0.5, 0.6) is 5.75 Å². The summed E-state index contributed by atoms with van der Waals surface area (Å²) in [5.41, 5.74) is -1.27. The molecular weight excluding hydrogens is 327 g/mol. The molecule has 0 bridgehead atoms. The summed E-state index contributed by atoms with van der Waals surface area (Å²) in [6, 6.07) is 0.00436. The highest BCUT2D eigenvalue weighted by atomic mass is 19.2. The zero-order chi connectivity index (χ0) is 17.6. The number of carbonyl (C=O) groups excluding carboxylic acids is 1. The Balaban J connectivity index is 2.40. The van der Waals surface area contributed by atoms with Crippen molar-refractivity contribution in [2.45, 2.75) is 25.6 Å². The monoisotopic (exact) mass is 341 g/mol. The van der Waals surface area contributed by atoms with Gasteiger partial charge >= 0.3 is 5.97 Å². The molecule has 1 aromatic heterocycles. The summed E-state index contributed by atoms with van der Waals surface area (Å²) in [5, 5.41) is -0.268. The molecule has 128 valence electrons. The maximum Gasteiger partial charge on any atom is 0.343 e. The Kier molecular flexibility index (Phi) is 3.98. The lowest BCUT2D eigenvalue weighted by molar-refractivity contribution is 0.0524. The number of carbonyl (C=O) groups is 1. The molecule has 8 heteroatoms. The van der Waals surface area contributed by atoms with E-state index in [0.29, 0.717) is 6.07 Å². The molecule has 1 aromatic carbocycles. The molecule has 0 unspecified atom stereocenters. The molecule has 1 saturated carbocycles. The first-order valence-electron chi connectivity index (χ1n) is 7.32. The van der Waals surface area contributed by atoms with Gasteiger partial charge in [0.15, 0.2) is 11.6 Å². The fourth-order valence-electron chi connectivity index (χ4n) is 2.67. The Bertz CT molecular complexity index is 893. The van der Waals surface area contributed by atoms with E-state index in [9.17, 15) is 22.8 Å². The molecule has 0 N–H and O–H groups in total. The Morgan fingerprint density at radius 3 is 2.62 bits per heavy atom. The van der Waals surface area contributed by atoms with Crippen molar-refractivity contribution < 1.29 is 27.4 Å². The first kappa shape index (κ1) is 16.4. The van der Waals surface area contributed by atoms with Crippen molar-refractivity contribution in [3.63, 3.8) is 0 Å². The predicted molar refractivity (Wildman–Crippen MR) is 79.2 cm³/mol. The number of methoxy groups -OCH3 is 1. The van der Waals surface area contributed by atoms with E-state index >= 15 is 0 Å². The molecule has 3 rings (SSSR count). The van der Waals surface area contributed by atoms with Crippen LogP contribution in [-0.2, 0) is 4.74 Å². The molecule has 1 fully saturated rings. The van der Waals surface area contributed by atoms with E-state index in [1.165, 1.54) is 4.57 Å². The van der Waals surface area contributed by atoms with E-state index in [0.717, 1.165) is 13.3 Å². The van der Waals surface area contributed by atoms with Gasteiger partial charge in [-0.05, 0) is 13.0 Å². The number of hydrogen-bond donors (Lipinski definition) is 0. The van der Waals surface area contributed by atoms with Gasteiger partial charge in [0.25, 0.3) is 0 Å². The summed E-state index contributed by atoms with van der Waals surface area (Å²) in [6.45, 7) is 1.60. The molecule has 1 aliphatic rings. The second-order valence-electron chi connectivity index (χ2n) is 5.42. The highest BCUT2D eigenvalue weighted by Crippen LogP contribution is 2.43. The van der Waals surface area contributed by atoms with E-state index in [-0.39, 0.29) is 29.5 Å². The van der Waals surface area contributed by atoms with Gasteiger partial charge in [-0.15, -0.1) is 0 Å². The Labute approximate surface area is 134 Å². The number of pyridine rings is 1. The number of fused-ring (bicyclic) bond motifs is 1. The van der Waals surface area contributed by atoms with Gasteiger partial charge in [-0.1, -0.05) is 0 Å². The second kappa shape index (κ2) is 5.85. The Hall–Kier alpha value is -2.51. The fraction of sp³-hybridized carbons (Fsp3) is 0.375. The maximum atomic E-state index is 14.0. The molecular formula is C16H14F3NO4. The summed E-state index contributed by atoms with van der Waals surface area (Å²) in [4.78, 5) is 24.5. The Morgan fingerprint density at radius 2 is 2.08 bits per heavy atom. The van der Waals surface area contributed by atoms with E-state index in [1.54, 1.807) is 6.92 Å². The van der Waals surface area contributed by atoms with Crippen molar-refractivity contribution in [2.75, 3.05) is 13.7 Å². The number of aromatic nitrogens is 1. The molecule has 24 heavy (non-hydrogen) atoms. The predicted octanol–water partition coefficient (Wildman–Crippen LogP) is 2.75. The summed E-state index contributed by atoms with van der Waals surface area (Å²) in [5.74, 6) is -3.98. The van der Waals surface area contributed by atoms with Crippen molar-refractivity contribution in [2.24, 2.45) is 0 Å². The largest absolute Gasteiger partial charge is 0.491 e. The van der Waals surface area contributed by atoms with E-state index < -0.39 is 41.0 Å². The minimum atomic E-state index is -1.29. The van der Waals surface area contributed by atoms with Crippen molar-refractivity contribution in [3.05, 3.63) is 39.7 Å².